The molecule has 11 aromatic rings. The average molecular weight is 821 g/mol. The van der Waals surface area contributed by atoms with Gasteiger partial charge in [0.15, 0.2) is 0 Å². The number of hydrogen-bond donors (Lipinski definition) is 0. The van der Waals surface area contributed by atoms with E-state index in [9.17, 15) is 0 Å². The molecule has 0 bridgehead atoms. The van der Waals surface area contributed by atoms with E-state index in [0.717, 1.165) is 0 Å². The van der Waals surface area contributed by atoms with Crippen LogP contribution in [-0.2, 0) is 5.41 Å². The minimum atomic E-state index is -0.0796. The van der Waals surface area contributed by atoms with Gasteiger partial charge in [0, 0.05) is 31.5 Å². The van der Waals surface area contributed by atoms with E-state index >= 15 is 0 Å². The summed E-state index contributed by atoms with van der Waals surface area (Å²) in [5.74, 6) is 0.0521. The summed E-state index contributed by atoms with van der Waals surface area (Å²) in [5.41, 5.74) is 19.3. The van der Waals surface area contributed by atoms with Crippen molar-refractivity contribution in [1.82, 2.24) is 0 Å². The molecule has 1 aliphatic carbocycles. The van der Waals surface area contributed by atoms with Crippen LogP contribution in [0.5, 0.6) is 0 Å². The fourth-order valence-electron chi connectivity index (χ4n) is 10.5. The first-order valence-electron chi connectivity index (χ1n) is 22.0. The standard InChI is InChI=1S/C62H44S/c1-62(2)57-25-7-5-19-52(57)54-22-11-21-51(60(54)62)42-30-34-44(35-31-42)59(56-24-12-23-55-53-20-6-8-26-58(53)63-61(55)56)43-32-27-41(28-33-43)46-15-9-16-47(37-46)48-17-10-18-49(39-48)50-36-29-40-13-3-4-14-45(40)38-50/h3-39,59H,1-2H3. The zero-order chi connectivity index (χ0) is 42.1. The van der Waals surface area contributed by atoms with Crippen LogP contribution in [0.15, 0.2) is 224 Å². The first-order chi connectivity index (χ1) is 31.0. The quantitative estimate of drug-likeness (QED) is 0.141. The minimum absolute atomic E-state index is 0.0521. The lowest BCUT2D eigenvalue weighted by Gasteiger charge is -2.25. The Balaban J connectivity index is 0.918. The Labute approximate surface area is 373 Å². The van der Waals surface area contributed by atoms with E-state index in [1.165, 1.54) is 114 Å². The van der Waals surface area contributed by atoms with Crippen molar-refractivity contribution in [1.29, 1.82) is 0 Å². The molecule has 1 heteroatoms. The van der Waals surface area contributed by atoms with E-state index in [-0.39, 0.29) is 11.3 Å². The van der Waals surface area contributed by atoms with Crippen LogP contribution in [0.4, 0.5) is 0 Å². The third-order valence-electron chi connectivity index (χ3n) is 13.6. The van der Waals surface area contributed by atoms with Crippen LogP contribution < -0.4 is 0 Å². The molecule has 1 aliphatic rings. The number of thiophene rings is 1. The monoisotopic (exact) mass is 820 g/mol. The molecule has 0 nitrogen and oxygen atoms in total. The molecular weight excluding hydrogens is 777 g/mol. The van der Waals surface area contributed by atoms with Gasteiger partial charge in [-0.2, -0.15) is 0 Å². The molecule has 1 unspecified atom stereocenters. The maximum atomic E-state index is 2.38. The highest BCUT2D eigenvalue weighted by molar-refractivity contribution is 7.26. The lowest BCUT2D eigenvalue weighted by Crippen LogP contribution is -2.16. The normalized spacial score (nSPS) is 13.3. The Morgan fingerprint density at radius 1 is 0.365 bits per heavy atom. The molecule has 12 rings (SSSR count). The molecule has 0 fully saturated rings. The van der Waals surface area contributed by atoms with Gasteiger partial charge in [-0.25, -0.2) is 0 Å². The third kappa shape index (κ3) is 6.34. The summed E-state index contributed by atoms with van der Waals surface area (Å²) in [6, 6.07) is 83.6. The fraction of sp³-hybridized carbons (Fsp3) is 0.0645. The Kier molecular flexibility index (Phi) is 8.88. The third-order valence-corrected chi connectivity index (χ3v) is 14.8. The Morgan fingerprint density at radius 3 is 1.63 bits per heavy atom. The molecule has 298 valence electrons. The molecule has 0 saturated carbocycles. The second kappa shape index (κ2) is 14.9. The second-order valence-corrected chi connectivity index (χ2v) is 18.7. The van der Waals surface area contributed by atoms with Crippen LogP contribution in [0.1, 0.15) is 47.6 Å². The highest BCUT2D eigenvalue weighted by Crippen LogP contribution is 2.52. The molecule has 0 N–H and O–H groups in total. The molecule has 1 heterocycles. The van der Waals surface area contributed by atoms with Crippen molar-refractivity contribution >= 4 is 42.3 Å². The summed E-state index contributed by atoms with van der Waals surface area (Å²) in [4.78, 5) is 0. The second-order valence-electron chi connectivity index (χ2n) is 17.6. The summed E-state index contributed by atoms with van der Waals surface area (Å²) < 4.78 is 2.68. The number of rotatable bonds is 7. The van der Waals surface area contributed by atoms with Crippen LogP contribution in [0.2, 0.25) is 0 Å². The molecule has 0 radical (unpaired) electrons. The zero-order valence-corrected chi connectivity index (χ0v) is 36.2. The van der Waals surface area contributed by atoms with Crippen molar-refractivity contribution < 1.29 is 0 Å². The van der Waals surface area contributed by atoms with Crippen molar-refractivity contribution in [2.45, 2.75) is 25.2 Å². The van der Waals surface area contributed by atoms with Crippen molar-refractivity contribution in [3.05, 3.63) is 252 Å². The van der Waals surface area contributed by atoms with Gasteiger partial charge < -0.3 is 0 Å². The van der Waals surface area contributed by atoms with Gasteiger partial charge >= 0.3 is 0 Å². The van der Waals surface area contributed by atoms with Gasteiger partial charge in [0.05, 0.1) is 0 Å². The topological polar surface area (TPSA) is 0 Å². The largest absolute Gasteiger partial charge is 0.135 e. The van der Waals surface area contributed by atoms with Gasteiger partial charge in [-0.05, 0) is 118 Å². The van der Waals surface area contributed by atoms with E-state index in [0.29, 0.717) is 0 Å². The first kappa shape index (κ1) is 37.4. The molecule has 1 atom stereocenters. The Morgan fingerprint density at radius 2 is 0.889 bits per heavy atom. The first-order valence-corrected chi connectivity index (χ1v) is 22.8. The SMILES string of the molecule is CC1(C)c2ccccc2-c2cccc(-c3ccc(C(c4ccc(-c5cccc(-c6cccc(-c7ccc8ccccc8c7)c6)c5)cc4)c4cccc5c4sc4ccccc45)cc3)c21. The van der Waals surface area contributed by atoms with E-state index in [1.807, 2.05) is 11.3 Å². The Hall–Kier alpha value is -7.32. The fourth-order valence-corrected chi connectivity index (χ4v) is 11.7. The van der Waals surface area contributed by atoms with E-state index < -0.39 is 0 Å². The van der Waals surface area contributed by atoms with E-state index in [4.69, 9.17) is 0 Å². The molecule has 0 saturated heterocycles. The molecule has 0 spiro atoms. The number of benzene rings is 10. The van der Waals surface area contributed by atoms with Gasteiger partial charge in [-0.1, -0.05) is 214 Å². The molecule has 0 amide bonds. The smallest absolute Gasteiger partial charge is 0.0397 e. The van der Waals surface area contributed by atoms with Gasteiger partial charge in [0.1, 0.15) is 0 Å². The van der Waals surface area contributed by atoms with Crippen molar-refractivity contribution in [2.75, 3.05) is 0 Å². The summed E-state index contributed by atoms with van der Waals surface area (Å²) in [5, 5.41) is 5.18. The van der Waals surface area contributed by atoms with Crippen LogP contribution in [0.25, 0.3) is 86.6 Å². The summed E-state index contributed by atoms with van der Waals surface area (Å²) in [6.45, 7) is 4.75. The molecule has 1 aromatic heterocycles. The van der Waals surface area contributed by atoms with Crippen LogP contribution in [0, 0.1) is 0 Å². The maximum Gasteiger partial charge on any atom is 0.0397 e. The molecule has 0 aliphatic heterocycles. The Bertz CT molecular complexity index is 3530. The summed E-state index contributed by atoms with van der Waals surface area (Å²) in [6.07, 6.45) is 0. The van der Waals surface area contributed by atoms with Crippen molar-refractivity contribution in [2.24, 2.45) is 0 Å². The highest BCUT2D eigenvalue weighted by atomic mass is 32.1. The van der Waals surface area contributed by atoms with E-state index in [1.54, 1.807) is 0 Å². The van der Waals surface area contributed by atoms with Crippen LogP contribution in [-0.4, -0.2) is 0 Å². The highest BCUT2D eigenvalue weighted by Gasteiger charge is 2.37. The number of hydrogen-bond acceptors (Lipinski definition) is 1. The minimum Gasteiger partial charge on any atom is -0.135 e. The van der Waals surface area contributed by atoms with Crippen LogP contribution >= 0.6 is 11.3 Å². The van der Waals surface area contributed by atoms with Gasteiger partial charge in [0.25, 0.3) is 0 Å². The van der Waals surface area contributed by atoms with Crippen molar-refractivity contribution in [3.63, 3.8) is 0 Å². The maximum absolute atomic E-state index is 2.38. The predicted molar refractivity (Wildman–Crippen MR) is 270 cm³/mol. The molecular formula is C62H44S. The van der Waals surface area contributed by atoms with Gasteiger partial charge in [0.2, 0.25) is 0 Å². The van der Waals surface area contributed by atoms with Crippen LogP contribution in [0.3, 0.4) is 0 Å². The zero-order valence-electron chi connectivity index (χ0n) is 35.3. The van der Waals surface area contributed by atoms with Gasteiger partial charge in [-0.15, -0.1) is 11.3 Å². The molecule has 63 heavy (non-hydrogen) atoms. The number of fused-ring (bicyclic) bond motifs is 7. The predicted octanol–water partition coefficient (Wildman–Crippen LogP) is 17.4. The van der Waals surface area contributed by atoms with E-state index in [2.05, 4.69) is 238 Å². The molecule has 10 aromatic carbocycles. The van der Waals surface area contributed by atoms with Crippen molar-refractivity contribution in [3.8, 4) is 55.6 Å². The average Bonchev–Trinajstić information content (AvgIpc) is 3.84. The lowest BCUT2D eigenvalue weighted by molar-refractivity contribution is 0.662. The lowest BCUT2D eigenvalue weighted by atomic mass is 9.78. The summed E-state index contributed by atoms with van der Waals surface area (Å²) in [7, 11) is 0. The summed E-state index contributed by atoms with van der Waals surface area (Å²) >= 11 is 1.91. The van der Waals surface area contributed by atoms with Gasteiger partial charge in [-0.3, -0.25) is 0 Å².